The molecule has 0 saturated heterocycles. The van der Waals surface area contributed by atoms with Gasteiger partial charge in [0.2, 0.25) is 0 Å². The van der Waals surface area contributed by atoms with E-state index >= 15 is 0 Å². The average Bonchev–Trinajstić information content (AvgIpc) is 2.86. The molecule has 1 heterocycles. The minimum Gasteiger partial charge on any atom is -0.494 e. The van der Waals surface area contributed by atoms with Crippen molar-refractivity contribution >= 4 is 0 Å². The molecule has 1 atom stereocenters. The number of ether oxygens (including phenoxy) is 1. The highest BCUT2D eigenvalue weighted by atomic mass is 16.5. The van der Waals surface area contributed by atoms with Gasteiger partial charge in [-0.2, -0.15) is 5.10 Å². The number of hydrogen-bond acceptors (Lipinski definition) is 3. The van der Waals surface area contributed by atoms with Gasteiger partial charge in [0.15, 0.2) is 0 Å². The summed E-state index contributed by atoms with van der Waals surface area (Å²) in [6, 6.07) is 12.2. The smallest absolute Gasteiger partial charge is 0.119 e. The number of para-hydroxylation sites is 1. The number of rotatable bonds is 7. The molecule has 0 spiro atoms. The van der Waals surface area contributed by atoms with Crippen LogP contribution in [-0.4, -0.2) is 22.9 Å². The lowest BCUT2D eigenvalue weighted by atomic mass is 10.1. The van der Waals surface area contributed by atoms with E-state index in [1.54, 1.807) is 0 Å². The molecule has 4 nitrogen and oxygen atoms in total. The number of hydrogen-bond donors (Lipinski definition) is 1. The summed E-state index contributed by atoms with van der Waals surface area (Å²) in [7, 11) is 1.94. The highest BCUT2D eigenvalue weighted by Gasteiger charge is 2.12. The van der Waals surface area contributed by atoms with Crippen molar-refractivity contribution in [3.8, 4) is 5.75 Å². The summed E-state index contributed by atoms with van der Waals surface area (Å²) in [5, 5.41) is 7.90. The third-order valence-corrected chi connectivity index (χ3v) is 2.96. The Morgan fingerprint density at radius 3 is 2.68 bits per heavy atom. The summed E-state index contributed by atoms with van der Waals surface area (Å²) in [6.07, 6.45) is 2.87. The maximum absolute atomic E-state index is 5.74. The van der Waals surface area contributed by atoms with Crippen molar-refractivity contribution in [3.05, 3.63) is 48.3 Å². The zero-order valence-corrected chi connectivity index (χ0v) is 11.5. The van der Waals surface area contributed by atoms with E-state index in [2.05, 4.69) is 23.4 Å². The lowest BCUT2D eigenvalue weighted by molar-refractivity contribution is 0.285. The zero-order valence-electron chi connectivity index (χ0n) is 11.5. The third-order valence-electron chi connectivity index (χ3n) is 2.96. The van der Waals surface area contributed by atoms with Gasteiger partial charge in [0.1, 0.15) is 5.75 Å². The molecule has 19 heavy (non-hydrogen) atoms. The Morgan fingerprint density at radius 1 is 1.26 bits per heavy atom. The number of benzene rings is 1. The Bertz CT molecular complexity index is 481. The SMILES string of the molecule is CCNC(CCOc1ccccc1)c1ccn(C)n1. The van der Waals surface area contributed by atoms with Crippen LogP contribution in [-0.2, 0) is 7.05 Å². The Kier molecular flexibility index (Phi) is 4.98. The molecular formula is C15H21N3O. The number of aryl methyl sites for hydroxylation is 1. The van der Waals surface area contributed by atoms with Crippen molar-refractivity contribution in [2.24, 2.45) is 7.05 Å². The first-order valence-corrected chi connectivity index (χ1v) is 6.70. The second kappa shape index (κ2) is 6.95. The molecule has 2 aromatic rings. The molecule has 0 aliphatic carbocycles. The van der Waals surface area contributed by atoms with Crippen LogP contribution in [0.3, 0.4) is 0 Å². The first-order chi connectivity index (χ1) is 9.29. The molecule has 0 bridgehead atoms. The summed E-state index contributed by atoms with van der Waals surface area (Å²) in [4.78, 5) is 0. The molecule has 0 saturated carbocycles. The van der Waals surface area contributed by atoms with Crippen molar-refractivity contribution in [1.29, 1.82) is 0 Å². The van der Waals surface area contributed by atoms with Crippen molar-refractivity contribution in [1.82, 2.24) is 15.1 Å². The van der Waals surface area contributed by atoms with Gasteiger partial charge >= 0.3 is 0 Å². The van der Waals surface area contributed by atoms with Crippen LogP contribution >= 0.6 is 0 Å². The van der Waals surface area contributed by atoms with Crippen LogP contribution < -0.4 is 10.1 Å². The molecule has 4 heteroatoms. The summed E-state index contributed by atoms with van der Waals surface area (Å²) >= 11 is 0. The van der Waals surface area contributed by atoms with Crippen LogP contribution in [0.5, 0.6) is 5.75 Å². The highest BCUT2D eigenvalue weighted by Crippen LogP contribution is 2.16. The molecule has 0 radical (unpaired) electrons. The van der Waals surface area contributed by atoms with E-state index < -0.39 is 0 Å². The van der Waals surface area contributed by atoms with Gasteiger partial charge in [0, 0.05) is 19.7 Å². The summed E-state index contributed by atoms with van der Waals surface area (Å²) in [5.74, 6) is 0.916. The van der Waals surface area contributed by atoms with Crippen LogP contribution in [0.25, 0.3) is 0 Å². The molecule has 0 aliphatic rings. The second-order valence-electron chi connectivity index (χ2n) is 4.47. The topological polar surface area (TPSA) is 39.1 Å². The first kappa shape index (κ1) is 13.6. The van der Waals surface area contributed by atoms with Gasteiger partial charge in [0.05, 0.1) is 18.3 Å². The molecule has 0 fully saturated rings. The summed E-state index contributed by atoms with van der Waals surface area (Å²) < 4.78 is 7.57. The maximum atomic E-state index is 5.74. The minimum atomic E-state index is 0.245. The van der Waals surface area contributed by atoms with Crippen LogP contribution in [0.15, 0.2) is 42.6 Å². The fourth-order valence-corrected chi connectivity index (χ4v) is 2.03. The number of nitrogens with zero attached hydrogens (tertiary/aromatic N) is 2. The standard InChI is InChI=1S/C15H21N3O/c1-3-16-14(15-9-11-18(2)17-15)10-12-19-13-7-5-4-6-8-13/h4-9,11,14,16H,3,10,12H2,1-2H3. The van der Waals surface area contributed by atoms with E-state index in [-0.39, 0.29) is 6.04 Å². The van der Waals surface area contributed by atoms with Gasteiger partial charge in [-0.25, -0.2) is 0 Å². The van der Waals surface area contributed by atoms with Crippen LogP contribution in [0, 0.1) is 0 Å². The van der Waals surface area contributed by atoms with Crippen LogP contribution in [0.4, 0.5) is 0 Å². The van der Waals surface area contributed by atoms with Gasteiger partial charge in [-0.05, 0) is 24.7 Å². The fraction of sp³-hybridized carbons (Fsp3) is 0.400. The van der Waals surface area contributed by atoms with Gasteiger partial charge in [0.25, 0.3) is 0 Å². The molecule has 1 unspecified atom stereocenters. The largest absolute Gasteiger partial charge is 0.494 e. The molecule has 2 rings (SSSR count). The fourth-order valence-electron chi connectivity index (χ4n) is 2.03. The van der Waals surface area contributed by atoms with Crippen molar-refractivity contribution in [2.45, 2.75) is 19.4 Å². The lowest BCUT2D eigenvalue weighted by Gasteiger charge is -2.16. The summed E-state index contributed by atoms with van der Waals surface area (Å²) in [5.41, 5.74) is 1.07. The van der Waals surface area contributed by atoms with Crippen molar-refractivity contribution in [3.63, 3.8) is 0 Å². The van der Waals surface area contributed by atoms with Crippen molar-refractivity contribution < 1.29 is 4.74 Å². The van der Waals surface area contributed by atoms with E-state index in [1.807, 2.05) is 48.3 Å². The Balaban J connectivity index is 1.87. The highest BCUT2D eigenvalue weighted by molar-refractivity contribution is 5.20. The lowest BCUT2D eigenvalue weighted by Crippen LogP contribution is -2.23. The first-order valence-electron chi connectivity index (χ1n) is 6.70. The van der Waals surface area contributed by atoms with E-state index in [0.717, 1.165) is 24.4 Å². The van der Waals surface area contributed by atoms with Crippen LogP contribution in [0.1, 0.15) is 25.1 Å². The predicted molar refractivity (Wildman–Crippen MR) is 76.2 cm³/mol. The van der Waals surface area contributed by atoms with Gasteiger partial charge in [-0.15, -0.1) is 0 Å². The van der Waals surface area contributed by atoms with Crippen LogP contribution in [0.2, 0.25) is 0 Å². The molecule has 1 aromatic carbocycles. The molecule has 102 valence electrons. The van der Waals surface area contributed by atoms with Crippen molar-refractivity contribution in [2.75, 3.05) is 13.2 Å². The van der Waals surface area contributed by atoms with Gasteiger partial charge < -0.3 is 10.1 Å². The van der Waals surface area contributed by atoms with Gasteiger partial charge in [-0.3, -0.25) is 4.68 Å². The molecule has 1 aromatic heterocycles. The van der Waals surface area contributed by atoms with E-state index in [4.69, 9.17) is 4.74 Å². The molecule has 1 N–H and O–H groups in total. The monoisotopic (exact) mass is 259 g/mol. The Labute approximate surface area is 114 Å². The number of aromatic nitrogens is 2. The average molecular weight is 259 g/mol. The van der Waals surface area contributed by atoms with Gasteiger partial charge in [-0.1, -0.05) is 25.1 Å². The predicted octanol–water partition coefficient (Wildman–Crippen LogP) is 2.54. The minimum absolute atomic E-state index is 0.245. The van der Waals surface area contributed by atoms with E-state index in [0.29, 0.717) is 6.61 Å². The quantitative estimate of drug-likeness (QED) is 0.830. The normalized spacial score (nSPS) is 12.3. The van der Waals surface area contributed by atoms with E-state index in [9.17, 15) is 0 Å². The molecule has 0 aliphatic heterocycles. The Hall–Kier alpha value is -1.81. The summed E-state index contributed by atoms with van der Waals surface area (Å²) in [6.45, 7) is 3.71. The molecular weight excluding hydrogens is 238 g/mol. The second-order valence-corrected chi connectivity index (χ2v) is 4.47. The maximum Gasteiger partial charge on any atom is 0.119 e. The Morgan fingerprint density at radius 2 is 2.05 bits per heavy atom. The molecule has 0 amide bonds. The third kappa shape index (κ3) is 4.10. The zero-order chi connectivity index (χ0) is 13.5. The number of nitrogens with one attached hydrogen (secondary N) is 1. The van der Waals surface area contributed by atoms with E-state index in [1.165, 1.54) is 0 Å².